The number of rotatable bonds is 5. The number of para-hydroxylation sites is 1. The fourth-order valence-corrected chi connectivity index (χ4v) is 7.70. The van der Waals surface area contributed by atoms with E-state index in [1.807, 2.05) is 30.6 Å². The van der Waals surface area contributed by atoms with Crippen LogP contribution < -0.4 is 0 Å². The molecule has 2 aromatic heterocycles. The topological polar surface area (TPSA) is 34.6 Å². The molecule has 0 aliphatic carbocycles. The van der Waals surface area contributed by atoms with Gasteiger partial charge in [-0.1, -0.05) is 146 Å². The minimum atomic E-state index is 0.541. The Kier molecular flexibility index (Phi) is 6.85. The maximum atomic E-state index is 5.22. The first kappa shape index (κ1) is 29.2. The first-order chi connectivity index (χ1) is 25.3. The molecule has 0 fully saturated rings. The van der Waals surface area contributed by atoms with E-state index in [4.69, 9.17) is 9.98 Å². The molecule has 0 amide bonds. The summed E-state index contributed by atoms with van der Waals surface area (Å²) in [7, 11) is 0. The minimum Gasteiger partial charge on any atom is -0.307 e. The van der Waals surface area contributed by atoms with Crippen LogP contribution in [0.25, 0.3) is 70.8 Å². The van der Waals surface area contributed by atoms with Crippen molar-refractivity contribution in [2.75, 3.05) is 0 Å². The Morgan fingerprint density at radius 2 is 1.14 bits per heavy atom. The van der Waals surface area contributed by atoms with Gasteiger partial charge in [0.05, 0.1) is 28.6 Å². The van der Waals surface area contributed by atoms with Gasteiger partial charge in [0.1, 0.15) is 6.34 Å². The summed E-state index contributed by atoms with van der Waals surface area (Å²) in [5.41, 5.74) is 7.78. The number of benzene rings is 8. The molecule has 2 heterocycles. The van der Waals surface area contributed by atoms with Gasteiger partial charge in [-0.2, -0.15) is 0 Å². The quantitative estimate of drug-likeness (QED) is 0.131. The minimum absolute atomic E-state index is 0.541. The van der Waals surface area contributed by atoms with Crippen molar-refractivity contribution in [2.45, 2.75) is 6.54 Å². The van der Waals surface area contributed by atoms with Crippen LogP contribution >= 0.6 is 0 Å². The lowest BCUT2D eigenvalue weighted by atomic mass is 10.0. The number of hydrogen-bond acceptors (Lipinski definition) is 1. The van der Waals surface area contributed by atoms with Crippen LogP contribution in [0.5, 0.6) is 0 Å². The Bertz CT molecular complexity index is 2970. The number of hydrogen-bond donors (Lipinski definition) is 0. The van der Waals surface area contributed by atoms with E-state index in [1.165, 1.54) is 48.6 Å². The lowest BCUT2D eigenvalue weighted by Crippen LogP contribution is -2.04. The highest BCUT2D eigenvalue weighted by Gasteiger charge is 2.21. The van der Waals surface area contributed by atoms with Crippen LogP contribution in [0.2, 0.25) is 0 Å². The van der Waals surface area contributed by atoms with Crippen molar-refractivity contribution in [1.29, 1.82) is 0 Å². The number of aromatic nitrogens is 2. The smallest absolute Gasteiger partial charge is 0.156 e. The maximum Gasteiger partial charge on any atom is 0.156 e. The highest BCUT2D eigenvalue weighted by atomic mass is 15.1. The highest BCUT2D eigenvalue weighted by molar-refractivity contribution is 6.29. The zero-order chi connectivity index (χ0) is 33.7. The van der Waals surface area contributed by atoms with Gasteiger partial charge in [0, 0.05) is 32.8 Å². The van der Waals surface area contributed by atoms with Crippen LogP contribution in [-0.4, -0.2) is 21.3 Å². The van der Waals surface area contributed by atoms with Crippen LogP contribution in [0.4, 0.5) is 0 Å². The number of aliphatic imine (C=N–C) groups is 2. The maximum absolute atomic E-state index is 5.22. The normalized spacial score (nSPS) is 12.4. The van der Waals surface area contributed by atoms with Gasteiger partial charge >= 0.3 is 0 Å². The van der Waals surface area contributed by atoms with Crippen LogP contribution in [0.3, 0.4) is 0 Å². The largest absolute Gasteiger partial charge is 0.307 e. The van der Waals surface area contributed by atoms with Gasteiger partial charge in [-0.25, -0.2) is 4.99 Å². The van der Waals surface area contributed by atoms with Crippen molar-refractivity contribution in [3.05, 3.63) is 187 Å². The van der Waals surface area contributed by atoms with Crippen molar-refractivity contribution in [3.63, 3.8) is 0 Å². The van der Waals surface area contributed by atoms with E-state index in [0.29, 0.717) is 12.4 Å². The van der Waals surface area contributed by atoms with Crippen LogP contribution in [0.15, 0.2) is 186 Å². The van der Waals surface area contributed by atoms with E-state index >= 15 is 0 Å². The van der Waals surface area contributed by atoms with E-state index in [9.17, 15) is 0 Å². The third kappa shape index (κ3) is 4.84. The molecule has 0 atom stereocenters. The van der Waals surface area contributed by atoms with Gasteiger partial charge in [-0.05, 0) is 57.4 Å². The zero-order valence-electron chi connectivity index (χ0n) is 27.8. The Morgan fingerprint density at radius 3 is 1.92 bits per heavy atom. The number of nitrogens with zero attached hydrogens (tertiary/aromatic N) is 4. The monoisotopic (exact) mass is 652 g/mol. The molecule has 10 rings (SSSR count). The second-order valence-electron chi connectivity index (χ2n) is 13.0. The van der Waals surface area contributed by atoms with Crippen LogP contribution in [0, 0.1) is 0 Å². The van der Waals surface area contributed by atoms with Gasteiger partial charge in [0.2, 0.25) is 0 Å². The van der Waals surface area contributed by atoms with E-state index in [-0.39, 0.29) is 0 Å². The summed E-state index contributed by atoms with van der Waals surface area (Å²) in [4.78, 5) is 10.3. The average Bonchev–Trinajstić information content (AvgIpc) is 3.70. The molecule has 51 heavy (non-hydrogen) atoms. The van der Waals surface area contributed by atoms with Gasteiger partial charge in [0.25, 0.3) is 0 Å². The molecule has 10 aromatic rings. The fourth-order valence-electron chi connectivity index (χ4n) is 7.70. The second-order valence-corrected chi connectivity index (χ2v) is 13.0. The molecule has 4 heteroatoms. The van der Waals surface area contributed by atoms with Crippen LogP contribution in [0.1, 0.15) is 11.1 Å². The SMILES string of the molecule is C(=NC(=NCc1ccccc1)c1ccccc1)n1c2cc3ccccc3cc2c2ccc3c4c5ccccc5ccc4n(-c4ccccc4)c3c21. The first-order valence-corrected chi connectivity index (χ1v) is 17.4. The van der Waals surface area contributed by atoms with E-state index in [1.54, 1.807) is 0 Å². The molecule has 0 bridgehead atoms. The lowest BCUT2D eigenvalue weighted by Gasteiger charge is -2.10. The van der Waals surface area contributed by atoms with Gasteiger partial charge in [-0.15, -0.1) is 0 Å². The van der Waals surface area contributed by atoms with Gasteiger partial charge < -0.3 is 4.57 Å². The molecule has 240 valence electrons. The summed E-state index contributed by atoms with van der Waals surface area (Å²) < 4.78 is 4.73. The molecule has 0 radical (unpaired) electrons. The predicted octanol–water partition coefficient (Wildman–Crippen LogP) is 11.7. The third-order valence-corrected chi connectivity index (χ3v) is 10.0. The van der Waals surface area contributed by atoms with Crippen molar-refractivity contribution >= 4 is 77.3 Å². The summed E-state index contributed by atoms with van der Waals surface area (Å²) in [5, 5.41) is 9.71. The summed E-state index contributed by atoms with van der Waals surface area (Å²) in [6.45, 7) is 0.541. The Balaban J connectivity index is 1.33. The molecular weight excluding hydrogens is 621 g/mol. The lowest BCUT2D eigenvalue weighted by molar-refractivity contribution is 1.06. The Labute approximate surface area is 294 Å². The van der Waals surface area contributed by atoms with E-state index < -0.39 is 0 Å². The molecule has 0 spiro atoms. The second kappa shape index (κ2) is 12.0. The third-order valence-electron chi connectivity index (χ3n) is 10.0. The van der Waals surface area contributed by atoms with E-state index in [2.05, 4.69) is 161 Å². The molecule has 0 aliphatic heterocycles. The molecule has 0 N–H and O–H groups in total. The highest BCUT2D eigenvalue weighted by Crippen LogP contribution is 2.43. The van der Waals surface area contributed by atoms with E-state index in [0.717, 1.165) is 33.4 Å². The molecule has 0 aliphatic rings. The van der Waals surface area contributed by atoms with Crippen molar-refractivity contribution in [3.8, 4) is 5.69 Å². The Morgan fingerprint density at radius 1 is 0.490 bits per heavy atom. The summed E-state index contributed by atoms with van der Waals surface area (Å²) in [5.74, 6) is 0.692. The molecular formula is C47H32N4. The average molecular weight is 653 g/mol. The molecule has 0 saturated heterocycles. The Hall–Kier alpha value is -6.78. The molecule has 4 nitrogen and oxygen atoms in total. The molecule has 0 unspecified atom stereocenters. The molecule has 8 aromatic carbocycles. The van der Waals surface area contributed by atoms with Crippen LogP contribution in [-0.2, 0) is 6.54 Å². The molecule has 0 saturated carbocycles. The van der Waals surface area contributed by atoms with Gasteiger partial charge in [0.15, 0.2) is 5.84 Å². The fraction of sp³-hybridized carbons (Fsp3) is 0.0213. The summed E-state index contributed by atoms with van der Waals surface area (Å²) in [6, 6.07) is 62.4. The first-order valence-electron chi connectivity index (χ1n) is 17.4. The van der Waals surface area contributed by atoms with Crippen molar-refractivity contribution in [2.24, 2.45) is 9.98 Å². The van der Waals surface area contributed by atoms with Crippen molar-refractivity contribution < 1.29 is 0 Å². The summed E-state index contributed by atoms with van der Waals surface area (Å²) in [6.07, 6.45) is 1.99. The van der Waals surface area contributed by atoms with Gasteiger partial charge in [-0.3, -0.25) is 9.56 Å². The zero-order valence-corrected chi connectivity index (χ0v) is 27.8. The number of fused-ring (bicyclic) bond motifs is 10. The van der Waals surface area contributed by atoms with Crippen molar-refractivity contribution in [1.82, 2.24) is 9.13 Å². The predicted molar refractivity (Wildman–Crippen MR) is 216 cm³/mol. The standard InChI is InChI=1S/C47H32N4/c1-4-14-32(15-5-1)30-48-47(34-17-6-2-7-18-34)49-31-50-43-29-36-20-11-10-19-35(36)28-41(43)39-25-26-40-44-38-23-13-12-16-33(38)24-27-42(44)51(46(40)45(39)50)37-21-8-3-9-22-37/h1-29,31H,30H2. The summed E-state index contributed by atoms with van der Waals surface area (Å²) >= 11 is 0. The number of amidine groups is 1.